The highest BCUT2D eigenvalue weighted by Gasteiger charge is 2.24. The van der Waals surface area contributed by atoms with Crippen molar-refractivity contribution < 1.29 is 14.6 Å². The van der Waals surface area contributed by atoms with E-state index in [1.807, 2.05) is 79.8 Å². The molecule has 0 bridgehead atoms. The lowest BCUT2D eigenvalue weighted by Crippen LogP contribution is -2.32. The van der Waals surface area contributed by atoms with E-state index >= 15 is 0 Å². The zero-order chi connectivity index (χ0) is 25.5. The fourth-order valence-corrected chi connectivity index (χ4v) is 4.40. The van der Waals surface area contributed by atoms with Crippen LogP contribution in [-0.4, -0.2) is 40.0 Å². The monoisotopic (exact) mass is 485 g/mol. The average Bonchev–Trinajstić information content (AvgIpc) is 3.19. The lowest BCUT2D eigenvalue weighted by atomic mass is 10.1. The predicted octanol–water partition coefficient (Wildman–Crippen LogP) is 6.08. The number of ether oxygens (including phenoxy) is 2. The molecule has 36 heavy (non-hydrogen) atoms. The largest absolute Gasteiger partial charge is 0.497 e. The van der Waals surface area contributed by atoms with Crippen LogP contribution in [0.5, 0.6) is 17.4 Å². The van der Waals surface area contributed by atoms with Crippen molar-refractivity contribution in [3.05, 3.63) is 96.1 Å². The van der Waals surface area contributed by atoms with E-state index in [1.165, 1.54) is 0 Å². The van der Waals surface area contributed by atoms with Crippen molar-refractivity contribution in [3.8, 4) is 28.6 Å². The number of benzene rings is 3. The molecule has 0 radical (unpaired) electrons. The number of hydrogen-bond acceptors (Lipinski definition) is 5. The van der Waals surface area contributed by atoms with Gasteiger partial charge in [-0.2, -0.15) is 5.10 Å². The Balaban J connectivity index is 1.71. The summed E-state index contributed by atoms with van der Waals surface area (Å²) in [7, 11) is 3.54. The SMILES string of the molecule is COc1cccc(Oc2c(CN(CC(C)C)CC(O)c3ccccc3)c(-c3ccccc3)nn2C)c1. The molecule has 6 heteroatoms. The fourth-order valence-electron chi connectivity index (χ4n) is 4.40. The summed E-state index contributed by atoms with van der Waals surface area (Å²) in [5.74, 6) is 2.50. The van der Waals surface area contributed by atoms with Crippen LogP contribution in [0, 0.1) is 5.92 Å². The van der Waals surface area contributed by atoms with Gasteiger partial charge in [0, 0.05) is 38.3 Å². The summed E-state index contributed by atoms with van der Waals surface area (Å²) in [5.41, 5.74) is 3.79. The Labute approximate surface area is 213 Å². The minimum Gasteiger partial charge on any atom is -0.497 e. The van der Waals surface area contributed by atoms with Gasteiger partial charge in [-0.3, -0.25) is 4.90 Å². The minimum atomic E-state index is -0.593. The van der Waals surface area contributed by atoms with Crippen molar-refractivity contribution in [1.82, 2.24) is 14.7 Å². The number of aliphatic hydroxyl groups excluding tert-OH is 1. The first-order valence-corrected chi connectivity index (χ1v) is 12.3. The van der Waals surface area contributed by atoms with E-state index in [-0.39, 0.29) is 0 Å². The third kappa shape index (κ3) is 6.33. The van der Waals surface area contributed by atoms with E-state index in [2.05, 4.69) is 30.9 Å². The highest BCUT2D eigenvalue weighted by molar-refractivity contribution is 5.65. The normalized spacial score (nSPS) is 12.2. The Bertz CT molecular complexity index is 1240. The molecule has 0 aliphatic heterocycles. The molecule has 1 N–H and O–H groups in total. The molecule has 0 amide bonds. The van der Waals surface area contributed by atoms with E-state index < -0.39 is 6.10 Å². The van der Waals surface area contributed by atoms with Gasteiger partial charge in [0.2, 0.25) is 5.88 Å². The van der Waals surface area contributed by atoms with Crippen molar-refractivity contribution in [2.45, 2.75) is 26.5 Å². The number of rotatable bonds is 11. The maximum atomic E-state index is 11.0. The van der Waals surface area contributed by atoms with Crippen LogP contribution in [0.3, 0.4) is 0 Å². The Kier molecular flexibility index (Phi) is 8.41. The van der Waals surface area contributed by atoms with Gasteiger partial charge in [0.05, 0.1) is 18.8 Å². The zero-order valence-corrected chi connectivity index (χ0v) is 21.5. The second-order valence-corrected chi connectivity index (χ2v) is 9.42. The van der Waals surface area contributed by atoms with Crippen LogP contribution in [0.25, 0.3) is 11.3 Å². The molecule has 1 atom stereocenters. The molecule has 1 heterocycles. The first-order chi connectivity index (χ1) is 17.4. The first-order valence-electron chi connectivity index (χ1n) is 12.3. The van der Waals surface area contributed by atoms with E-state index in [9.17, 15) is 5.11 Å². The molecule has 6 nitrogen and oxygen atoms in total. The minimum absolute atomic E-state index is 0.424. The molecule has 1 aromatic heterocycles. The van der Waals surface area contributed by atoms with Crippen molar-refractivity contribution in [2.24, 2.45) is 13.0 Å². The quantitative estimate of drug-likeness (QED) is 0.279. The van der Waals surface area contributed by atoms with E-state index in [0.717, 1.165) is 34.7 Å². The first kappa shape index (κ1) is 25.5. The van der Waals surface area contributed by atoms with Gasteiger partial charge in [0.25, 0.3) is 0 Å². The summed E-state index contributed by atoms with van der Waals surface area (Å²) in [6.07, 6.45) is -0.593. The molecule has 0 spiro atoms. The molecule has 4 rings (SSSR count). The van der Waals surface area contributed by atoms with Gasteiger partial charge in [-0.25, -0.2) is 4.68 Å². The number of nitrogens with zero attached hydrogens (tertiary/aromatic N) is 3. The Hall–Kier alpha value is -3.61. The molecule has 3 aromatic carbocycles. The summed E-state index contributed by atoms with van der Waals surface area (Å²) >= 11 is 0. The molecule has 0 saturated heterocycles. The van der Waals surface area contributed by atoms with Gasteiger partial charge in [0.1, 0.15) is 17.2 Å². The standard InChI is InChI=1S/C30H35N3O3/c1-22(2)19-33(21-28(34)23-12-7-5-8-13-23)20-27-29(24-14-9-6-10-15-24)31-32(3)30(27)36-26-17-11-16-25(18-26)35-4/h5-18,22,28,34H,19-21H2,1-4H3. The molecule has 1 unspecified atom stereocenters. The topological polar surface area (TPSA) is 59.8 Å². The number of hydrogen-bond donors (Lipinski definition) is 1. The third-order valence-corrected chi connectivity index (χ3v) is 6.01. The summed E-state index contributed by atoms with van der Waals surface area (Å²) in [4.78, 5) is 2.28. The van der Waals surface area contributed by atoms with Crippen molar-refractivity contribution in [1.29, 1.82) is 0 Å². The van der Waals surface area contributed by atoms with Gasteiger partial charge in [-0.1, -0.05) is 80.6 Å². The number of aliphatic hydroxyl groups is 1. The lowest BCUT2D eigenvalue weighted by molar-refractivity contribution is 0.101. The molecule has 0 saturated carbocycles. The molecule has 188 valence electrons. The summed E-state index contributed by atoms with van der Waals surface area (Å²) in [6.45, 7) is 6.29. The van der Waals surface area contributed by atoms with Crippen LogP contribution in [0.15, 0.2) is 84.9 Å². The van der Waals surface area contributed by atoms with Gasteiger partial charge in [-0.15, -0.1) is 0 Å². The highest BCUT2D eigenvalue weighted by atomic mass is 16.5. The fraction of sp³-hybridized carbons (Fsp3) is 0.300. The van der Waals surface area contributed by atoms with Gasteiger partial charge >= 0.3 is 0 Å². The van der Waals surface area contributed by atoms with Crippen LogP contribution >= 0.6 is 0 Å². The summed E-state index contributed by atoms with van der Waals surface area (Å²) < 4.78 is 13.6. The Morgan fingerprint density at radius 2 is 1.56 bits per heavy atom. The summed E-state index contributed by atoms with van der Waals surface area (Å²) in [5, 5.41) is 15.9. The van der Waals surface area contributed by atoms with E-state index in [1.54, 1.807) is 11.8 Å². The molecular weight excluding hydrogens is 450 g/mol. The number of aryl methyl sites for hydroxylation is 1. The van der Waals surface area contributed by atoms with Crippen LogP contribution < -0.4 is 9.47 Å². The molecule has 0 aliphatic rings. The highest BCUT2D eigenvalue weighted by Crippen LogP contribution is 2.35. The smallest absolute Gasteiger partial charge is 0.222 e. The van der Waals surface area contributed by atoms with Crippen molar-refractivity contribution in [2.75, 3.05) is 20.2 Å². The van der Waals surface area contributed by atoms with Gasteiger partial charge in [0.15, 0.2) is 0 Å². The van der Waals surface area contributed by atoms with Crippen LogP contribution in [0.4, 0.5) is 0 Å². The van der Waals surface area contributed by atoms with Crippen LogP contribution in [-0.2, 0) is 13.6 Å². The average molecular weight is 486 g/mol. The van der Waals surface area contributed by atoms with Crippen molar-refractivity contribution >= 4 is 0 Å². The predicted molar refractivity (Wildman–Crippen MR) is 143 cm³/mol. The maximum absolute atomic E-state index is 11.0. The van der Waals surface area contributed by atoms with E-state index in [0.29, 0.717) is 30.6 Å². The van der Waals surface area contributed by atoms with Crippen LogP contribution in [0.1, 0.15) is 31.1 Å². The number of aromatic nitrogens is 2. The molecule has 4 aromatic rings. The maximum Gasteiger partial charge on any atom is 0.222 e. The zero-order valence-electron chi connectivity index (χ0n) is 21.5. The van der Waals surface area contributed by atoms with Crippen LogP contribution in [0.2, 0.25) is 0 Å². The summed E-state index contributed by atoms with van der Waals surface area (Å²) in [6, 6.07) is 27.5. The second-order valence-electron chi connectivity index (χ2n) is 9.42. The molecule has 0 aliphatic carbocycles. The van der Waals surface area contributed by atoms with Gasteiger partial charge < -0.3 is 14.6 Å². The van der Waals surface area contributed by atoms with Gasteiger partial charge in [-0.05, 0) is 23.6 Å². The van der Waals surface area contributed by atoms with E-state index in [4.69, 9.17) is 14.6 Å². The molecule has 0 fully saturated rings. The van der Waals surface area contributed by atoms with Crippen molar-refractivity contribution in [3.63, 3.8) is 0 Å². The number of methoxy groups -OCH3 is 1. The third-order valence-electron chi connectivity index (χ3n) is 6.01. The molecular formula is C30H35N3O3. The second kappa shape index (κ2) is 11.9. The lowest BCUT2D eigenvalue weighted by Gasteiger charge is -2.27. The Morgan fingerprint density at radius 3 is 2.22 bits per heavy atom. The Morgan fingerprint density at radius 1 is 0.889 bits per heavy atom.